The van der Waals surface area contributed by atoms with Crippen molar-refractivity contribution in [2.75, 3.05) is 11.6 Å². The summed E-state index contributed by atoms with van der Waals surface area (Å²) in [5.74, 6) is -1.32. The van der Waals surface area contributed by atoms with Gasteiger partial charge in [-0.1, -0.05) is 29.1 Å². The first-order chi connectivity index (χ1) is 12.0. The van der Waals surface area contributed by atoms with Crippen LogP contribution in [0.5, 0.6) is 5.88 Å². The summed E-state index contributed by atoms with van der Waals surface area (Å²) in [6, 6.07) is 6.86. The number of benzene rings is 1. The van der Waals surface area contributed by atoms with E-state index in [1.807, 2.05) is 0 Å². The Kier molecular flexibility index (Phi) is 4.52. The third-order valence-corrected chi connectivity index (χ3v) is 4.24. The van der Waals surface area contributed by atoms with Gasteiger partial charge in [0.25, 0.3) is 11.5 Å². The van der Waals surface area contributed by atoms with Gasteiger partial charge in [0.05, 0.1) is 11.9 Å². The van der Waals surface area contributed by atoms with Gasteiger partial charge in [-0.25, -0.2) is 0 Å². The van der Waals surface area contributed by atoms with E-state index in [-0.39, 0.29) is 0 Å². The number of aromatic amines is 1. The molecule has 0 saturated carbocycles. The lowest BCUT2D eigenvalue weighted by molar-refractivity contribution is 0.102. The fraction of sp³-hybridized carbons (Fsp3) is 0.133. The van der Waals surface area contributed by atoms with Crippen LogP contribution in [0.25, 0.3) is 11.3 Å². The Morgan fingerprint density at radius 1 is 1.32 bits per heavy atom. The zero-order valence-corrected chi connectivity index (χ0v) is 14.2. The average molecular weight is 358 g/mol. The minimum Gasteiger partial charge on any atom is -0.493 e. The molecule has 0 radical (unpaired) electrons. The summed E-state index contributed by atoms with van der Waals surface area (Å²) in [5, 5.41) is 22.9. The van der Waals surface area contributed by atoms with Gasteiger partial charge in [0, 0.05) is 18.3 Å². The van der Waals surface area contributed by atoms with Crippen molar-refractivity contribution in [3.63, 3.8) is 0 Å². The molecule has 0 atom stereocenters. The Morgan fingerprint density at radius 3 is 2.64 bits per heavy atom. The third kappa shape index (κ3) is 3.24. The summed E-state index contributed by atoms with van der Waals surface area (Å²) in [5.41, 5.74) is 1.03. The maximum absolute atomic E-state index is 12.4. The predicted molar refractivity (Wildman–Crippen MR) is 92.7 cm³/mol. The van der Waals surface area contributed by atoms with Crippen molar-refractivity contribution in [2.45, 2.75) is 5.16 Å². The fourth-order valence-corrected chi connectivity index (χ4v) is 2.75. The molecule has 2 aromatic heterocycles. The molecule has 0 aliphatic rings. The first-order valence-electron chi connectivity index (χ1n) is 7.13. The molecule has 0 saturated heterocycles. The molecule has 3 rings (SSSR count). The lowest BCUT2D eigenvalue weighted by Crippen LogP contribution is -2.29. The predicted octanol–water partition coefficient (Wildman–Crippen LogP) is 1.25. The maximum Gasteiger partial charge on any atom is 0.270 e. The van der Waals surface area contributed by atoms with Gasteiger partial charge < -0.3 is 10.4 Å². The zero-order chi connectivity index (χ0) is 18.0. The number of hydrogen-bond donors (Lipinski definition) is 3. The molecule has 25 heavy (non-hydrogen) atoms. The summed E-state index contributed by atoms with van der Waals surface area (Å²) in [4.78, 5) is 28.5. The molecule has 0 aliphatic carbocycles. The Morgan fingerprint density at radius 2 is 2.04 bits per heavy atom. The Labute approximate surface area is 146 Å². The number of carbonyl (C=O) groups is 1. The number of H-pyrrole nitrogens is 1. The van der Waals surface area contributed by atoms with Gasteiger partial charge in [-0.05, 0) is 18.4 Å². The monoisotopic (exact) mass is 358 g/mol. The summed E-state index contributed by atoms with van der Waals surface area (Å²) in [6.45, 7) is 0. The van der Waals surface area contributed by atoms with Crippen molar-refractivity contribution in [2.24, 2.45) is 7.05 Å². The number of rotatable bonds is 4. The van der Waals surface area contributed by atoms with Crippen molar-refractivity contribution in [3.8, 4) is 17.1 Å². The third-order valence-electron chi connectivity index (χ3n) is 3.51. The van der Waals surface area contributed by atoms with Gasteiger partial charge in [-0.15, -0.1) is 5.10 Å². The molecule has 9 nitrogen and oxygen atoms in total. The number of carbonyl (C=O) groups excluding carboxylic acids is 1. The second-order valence-electron chi connectivity index (χ2n) is 5.06. The van der Waals surface area contributed by atoms with Crippen LogP contribution in [0.2, 0.25) is 0 Å². The Balaban J connectivity index is 1.86. The van der Waals surface area contributed by atoms with Crippen LogP contribution in [0, 0.1) is 0 Å². The van der Waals surface area contributed by atoms with Crippen LogP contribution < -0.4 is 10.9 Å². The van der Waals surface area contributed by atoms with Crippen molar-refractivity contribution < 1.29 is 9.90 Å². The summed E-state index contributed by atoms with van der Waals surface area (Å²) < 4.78 is 1.22. The lowest BCUT2D eigenvalue weighted by atomic mass is 10.1. The number of nitrogens with one attached hydrogen (secondary N) is 2. The molecule has 128 valence electrons. The van der Waals surface area contributed by atoms with Crippen LogP contribution in [0.1, 0.15) is 10.4 Å². The smallest absolute Gasteiger partial charge is 0.270 e. The lowest BCUT2D eigenvalue weighted by Gasteiger charge is -2.10. The first kappa shape index (κ1) is 16.7. The van der Waals surface area contributed by atoms with E-state index in [0.29, 0.717) is 10.8 Å². The maximum atomic E-state index is 12.4. The van der Waals surface area contributed by atoms with Gasteiger partial charge >= 0.3 is 0 Å². The summed E-state index contributed by atoms with van der Waals surface area (Å²) >= 11 is 1.20. The number of hydrogen-bond acceptors (Lipinski definition) is 7. The quantitative estimate of drug-likeness (QED) is 0.473. The van der Waals surface area contributed by atoms with E-state index in [2.05, 4.69) is 25.7 Å². The molecule has 2 heterocycles. The average Bonchev–Trinajstić information content (AvgIpc) is 3.13. The summed E-state index contributed by atoms with van der Waals surface area (Å²) in [7, 11) is 1.49. The standard InChI is InChI=1S/C15H14N6O3S/c1-21-14(24)11(13(23)18-15(21)25-2)12(22)17-9-5-3-8(4-6-9)10-7-16-20-19-10/h3-7,23H,1-2H3,(H,17,22)(H,16,19,20). The van der Waals surface area contributed by atoms with E-state index in [0.717, 1.165) is 11.3 Å². The van der Waals surface area contributed by atoms with Crippen LogP contribution in [0.15, 0.2) is 40.4 Å². The minimum atomic E-state index is -0.728. The molecule has 0 unspecified atom stereocenters. The highest BCUT2D eigenvalue weighted by molar-refractivity contribution is 7.98. The SMILES string of the molecule is CSc1nc(O)c(C(=O)Nc2ccc(-c3cnn[nH]3)cc2)c(=O)n1C. The van der Waals surface area contributed by atoms with E-state index >= 15 is 0 Å². The molecule has 0 fully saturated rings. The van der Waals surface area contributed by atoms with E-state index in [1.54, 1.807) is 36.7 Å². The van der Waals surface area contributed by atoms with Gasteiger partial charge in [-0.3, -0.25) is 19.3 Å². The molecule has 0 spiro atoms. The highest BCUT2D eigenvalue weighted by atomic mass is 32.2. The van der Waals surface area contributed by atoms with Gasteiger partial charge in [0.1, 0.15) is 0 Å². The van der Waals surface area contributed by atoms with Crippen LogP contribution in [0.3, 0.4) is 0 Å². The van der Waals surface area contributed by atoms with Gasteiger partial charge in [0.15, 0.2) is 10.7 Å². The molecular formula is C15H14N6O3S. The molecule has 0 aliphatic heterocycles. The first-order valence-corrected chi connectivity index (χ1v) is 8.35. The van der Waals surface area contributed by atoms with E-state index in [1.165, 1.54) is 23.4 Å². The molecule has 1 amide bonds. The summed E-state index contributed by atoms with van der Waals surface area (Å²) in [6.07, 6.45) is 3.30. The zero-order valence-electron chi connectivity index (χ0n) is 13.3. The van der Waals surface area contributed by atoms with Gasteiger partial charge in [-0.2, -0.15) is 4.98 Å². The molecule has 1 aromatic carbocycles. The highest BCUT2D eigenvalue weighted by Gasteiger charge is 2.21. The second-order valence-corrected chi connectivity index (χ2v) is 5.84. The van der Waals surface area contributed by atoms with Crippen LogP contribution in [0.4, 0.5) is 5.69 Å². The molecule has 0 bridgehead atoms. The molecule has 10 heteroatoms. The largest absolute Gasteiger partial charge is 0.493 e. The number of anilines is 1. The number of aromatic nitrogens is 5. The van der Waals surface area contributed by atoms with Crippen molar-refractivity contribution in [3.05, 3.63) is 46.4 Å². The molecule has 3 N–H and O–H groups in total. The Bertz CT molecular complexity index is 966. The minimum absolute atomic E-state index is 0.316. The van der Waals surface area contributed by atoms with Crippen molar-refractivity contribution in [1.29, 1.82) is 0 Å². The number of amides is 1. The van der Waals surface area contributed by atoms with Crippen LogP contribution >= 0.6 is 11.8 Å². The molecular weight excluding hydrogens is 344 g/mol. The normalized spacial score (nSPS) is 10.6. The number of aromatic hydroxyl groups is 1. The topological polar surface area (TPSA) is 126 Å². The number of thioether (sulfide) groups is 1. The van der Waals surface area contributed by atoms with E-state index in [9.17, 15) is 14.7 Å². The molecule has 3 aromatic rings. The van der Waals surface area contributed by atoms with E-state index < -0.39 is 22.9 Å². The number of nitrogens with zero attached hydrogens (tertiary/aromatic N) is 4. The van der Waals surface area contributed by atoms with Gasteiger partial charge in [0.2, 0.25) is 5.88 Å². The second kappa shape index (κ2) is 6.77. The van der Waals surface area contributed by atoms with Crippen LogP contribution in [-0.2, 0) is 7.05 Å². The van der Waals surface area contributed by atoms with Crippen molar-refractivity contribution in [1.82, 2.24) is 25.0 Å². The fourth-order valence-electron chi connectivity index (χ4n) is 2.22. The van der Waals surface area contributed by atoms with Crippen molar-refractivity contribution >= 4 is 23.4 Å². The van der Waals surface area contributed by atoms with Crippen LogP contribution in [-0.4, -0.2) is 42.2 Å². The Hall–Kier alpha value is -3.14. The van der Waals surface area contributed by atoms with E-state index in [4.69, 9.17) is 0 Å². The highest BCUT2D eigenvalue weighted by Crippen LogP contribution is 2.20.